The van der Waals surface area contributed by atoms with Gasteiger partial charge in [-0.1, -0.05) is 28.1 Å². The lowest BCUT2D eigenvalue weighted by atomic mass is 9.90. The molecule has 0 bridgehead atoms. The van der Waals surface area contributed by atoms with E-state index in [-0.39, 0.29) is 19.1 Å². The fourth-order valence-electron chi connectivity index (χ4n) is 2.73. The van der Waals surface area contributed by atoms with E-state index in [1.807, 2.05) is 56.3 Å². The van der Waals surface area contributed by atoms with E-state index in [2.05, 4.69) is 21.2 Å². The third-order valence-corrected chi connectivity index (χ3v) is 5.01. The first-order valence-electron chi connectivity index (χ1n) is 8.36. The van der Waals surface area contributed by atoms with E-state index in [4.69, 9.17) is 14.2 Å². The molecule has 1 amide bonds. The predicted molar refractivity (Wildman–Crippen MR) is 103 cm³/mol. The van der Waals surface area contributed by atoms with Crippen LogP contribution >= 0.6 is 15.9 Å². The molecular weight excluding hydrogens is 398 g/mol. The molecule has 0 radical (unpaired) electrons. The van der Waals surface area contributed by atoms with Crippen LogP contribution in [-0.2, 0) is 14.3 Å². The normalized spacial score (nSPS) is 22.7. The van der Waals surface area contributed by atoms with Crippen LogP contribution < -0.4 is 10.1 Å². The van der Waals surface area contributed by atoms with Crippen LogP contribution in [0.15, 0.2) is 46.9 Å². The van der Waals surface area contributed by atoms with Gasteiger partial charge in [0.05, 0.1) is 25.7 Å². The number of amides is 1. The first kappa shape index (κ1) is 18.9. The minimum atomic E-state index is -0.752. The number of nitrogens with one attached hydrogen (secondary N) is 1. The van der Waals surface area contributed by atoms with Crippen molar-refractivity contribution in [2.45, 2.75) is 20.1 Å². The summed E-state index contributed by atoms with van der Waals surface area (Å²) in [5, 5.41) is 2.97. The summed E-state index contributed by atoms with van der Waals surface area (Å²) in [7, 11) is 1.62. The summed E-state index contributed by atoms with van der Waals surface area (Å²) in [4.78, 5) is 12.8. The second-order valence-electron chi connectivity index (χ2n) is 6.70. The number of anilines is 1. The minimum Gasteiger partial charge on any atom is -0.497 e. The van der Waals surface area contributed by atoms with Crippen LogP contribution in [-0.4, -0.2) is 26.2 Å². The molecule has 0 unspecified atom stereocenters. The van der Waals surface area contributed by atoms with Crippen molar-refractivity contribution in [2.24, 2.45) is 5.41 Å². The Bertz CT molecular complexity index is 783. The predicted octanol–water partition coefficient (Wildman–Crippen LogP) is 4.46. The number of aryl methyl sites for hydroxylation is 1. The van der Waals surface area contributed by atoms with Crippen molar-refractivity contribution in [1.82, 2.24) is 0 Å². The second-order valence-corrected chi connectivity index (χ2v) is 7.62. The molecule has 0 saturated carbocycles. The Balaban J connectivity index is 1.64. The fraction of sp³-hybridized carbons (Fsp3) is 0.350. The molecule has 1 saturated heterocycles. The molecule has 1 N–H and O–H groups in total. The van der Waals surface area contributed by atoms with E-state index >= 15 is 0 Å². The van der Waals surface area contributed by atoms with Crippen molar-refractivity contribution in [1.29, 1.82) is 0 Å². The number of carbonyl (C=O) groups is 1. The molecule has 1 aliphatic heterocycles. The minimum absolute atomic E-state index is 0.125. The van der Waals surface area contributed by atoms with E-state index in [0.29, 0.717) is 0 Å². The number of hydrogen-bond donors (Lipinski definition) is 1. The lowest BCUT2D eigenvalue weighted by Gasteiger charge is -2.36. The Labute approximate surface area is 161 Å². The summed E-state index contributed by atoms with van der Waals surface area (Å²) in [6, 6.07) is 13.3. The average molecular weight is 420 g/mol. The Morgan fingerprint density at radius 1 is 1.19 bits per heavy atom. The maximum absolute atomic E-state index is 12.8. The van der Waals surface area contributed by atoms with Crippen LogP contribution in [0.3, 0.4) is 0 Å². The zero-order valence-corrected chi connectivity index (χ0v) is 16.6. The highest BCUT2D eigenvalue weighted by Gasteiger charge is 2.40. The fourth-order valence-corrected chi connectivity index (χ4v) is 2.99. The molecule has 26 heavy (non-hydrogen) atoms. The summed E-state index contributed by atoms with van der Waals surface area (Å²) in [5.41, 5.74) is 1.87. The number of hydrogen-bond acceptors (Lipinski definition) is 4. The second kappa shape index (κ2) is 7.78. The summed E-state index contributed by atoms with van der Waals surface area (Å²) >= 11 is 3.41. The first-order chi connectivity index (χ1) is 12.4. The van der Waals surface area contributed by atoms with Gasteiger partial charge in [0.15, 0.2) is 6.29 Å². The van der Waals surface area contributed by atoms with Crippen LogP contribution in [0.2, 0.25) is 0 Å². The van der Waals surface area contributed by atoms with E-state index in [1.165, 1.54) is 0 Å². The van der Waals surface area contributed by atoms with Crippen molar-refractivity contribution >= 4 is 27.5 Å². The zero-order chi connectivity index (χ0) is 18.7. The molecule has 0 aliphatic carbocycles. The van der Waals surface area contributed by atoms with Gasteiger partial charge in [0.25, 0.3) is 0 Å². The maximum atomic E-state index is 12.8. The third kappa shape index (κ3) is 4.09. The quantitative estimate of drug-likeness (QED) is 0.794. The Hall–Kier alpha value is -1.89. The molecule has 2 aromatic rings. The van der Waals surface area contributed by atoms with Crippen LogP contribution in [0.4, 0.5) is 5.69 Å². The molecule has 1 aliphatic rings. The van der Waals surface area contributed by atoms with Gasteiger partial charge in [0.1, 0.15) is 5.75 Å². The standard InChI is InChI=1S/C20H22BrNO4/c1-13-10-16(24-3)8-9-17(13)22-19(23)20(2)11-25-18(26-12-20)14-4-6-15(21)7-5-14/h4-10,18H,11-12H2,1-3H3,(H,22,23). The van der Waals surface area contributed by atoms with Gasteiger partial charge in [-0.05, 0) is 49.7 Å². The SMILES string of the molecule is COc1ccc(NC(=O)C2(C)COC(c3ccc(Br)cc3)OC2)c(C)c1. The van der Waals surface area contributed by atoms with Gasteiger partial charge < -0.3 is 19.5 Å². The molecule has 0 spiro atoms. The Morgan fingerprint density at radius 3 is 2.42 bits per heavy atom. The Morgan fingerprint density at radius 2 is 1.85 bits per heavy atom. The van der Waals surface area contributed by atoms with Crippen molar-refractivity contribution in [3.8, 4) is 5.75 Å². The van der Waals surface area contributed by atoms with E-state index in [1.54, 1.807) is 7.11 Å². The molecule has 2 aromatic carbocycles. The number of methoxy groups -OCH3 is 1. The van der Waals surface area contributed by atoms with Crippen molar-refractivity contribution in [3.63, 3.8) is 0 Å². The van der Waals surface area contributed by atoms with Gasteiger partial charge in [-0.25, -0.2) is 0 Å². The van der Waals surface area contributed by atoms with Crippen LogP contribution in [0.5, 0.6) is 5.75 Å². The largest absolute Gasteiger partial charge is 0.497 e. The maximum Gasteiger partial charge on any atom is 0.235 e. The summed E-state index contributed by atoms with van der Waals surface area (Å²) in [6.07, 6.45) is -0.452. The third-order valence-electron chi connectivity index (χ3n) is 4.48. The highest BCUT2D eigenvalue weighted by Crippen LogP contribution is 2.33. The van der Waals surface area contributed by atoms with E-state index in [9.17, 15) is 4.79 Å². The number of carbonyl (C=O) groups excluding carboxylic acids is 1. The molecule has 138 valence electrons. The van der Waals surface area contributed by atoms with Crippen molar-refractivity contribution in [2.75, 3.05) is 25.6 Å². The number of benzene rings is 2. The highest BCUT2D eigenvalue weighted by atomic mass is 79.9. The zero-order valence-electron chi connectivity index (χ0n) is 15.0. The topological polar surface area (TPSA) is 56.8 Å². The summed E-state index contributed by atoms with van der Waals surface area (Å²) < 4.78 is 17.8. The average Bonchev–Trinajstić information content (AvgIpc) is 2.64. The van der Waals surface area contributed by atoms with Gasteiger partial charge in [-0.15, -0.1) is 0 Å². The van der Waals surface area contributed by atoms with Crippen LogP contribution in [0.25, 0.3) is 0 Å². The molecule has 0 aromatic heterocycles. The number of rotatable bonds is 4. The molecule has 0 atom stereocenters. The smallest absolute Gasteiger partial charge is 0.235 e. The van der Waals surface area contributed by atoms with Gasteiger partial charge in [0, 0.05) is 15.7 Å². The molecule has 1 heterocycles. The molecule has 3 rings (SSSR count). The van der Waals surface area contributed by atoms with Crippen molar-refractivity contribution < 1.29 is 19.0 Å². The summed E-state index contributed by atoms with van der Waals surface area (Å²) in [6.45, 7) is 4.35. The Kier molecular flexibility index (Phi) is 5.65. The highest BCUT2D eigenvalue weighted by molar-refractivity contribution is 9.10. The van der Waals surface area contributed by atoms with Gasteiger partial charge in [-0.3, -0.25) is 4.79 Å². The van der Waals surface area contributed by atoms with Gasteiger partial charge in [-0.2, -0.15) is 0 Å². The van der Waals surface area contributed by atoms with Crippen LogP contribution in [0.1, 0.15) is 24.3 Å². The molecular formula is C20H22BrNO4. The molecule has 1 fully saturated rings. The van der Waals surface area contributed by atoms with Crippen molar-refractivity contribution in [3.05, 3.63) is 58.1 Å². The van der Waals surface area contributed by atoms with Gasteiger partial charge in [0.2, 0.25) is 5.91 Å². The molecule has 5 nitrogen and oxygen atoms in total. The monoisotopic (exact) mass is 419 g/mol. The van der Waals surface area contributed by atoms with E-state index in [0.717, 1.165) is 27.0 Å². The lowest BCUT2D eigenvalue weighted by molar-refractivity contribution is -0.226. The summed E-state index contributed by atoms with van der Waals surface area (Å²) in [5.74, 6) is 0.633. The van der Waals surface area contributed by atoms with E-state index < -0.39 is 11.7 Å². The van der Waals surface area contributed by atoms with Crippen LogP contribution in [0, 0.1) is 12.3 Å². The lowest BCUT2D eigenvalue weighted by Crippen LogP contribution is -2.45. The number of ether oxygens (including phenoxy) is 3. The number of halogens is 1. The van der Waals surface area contributed by atoms with Gasteiger partial charge >= 0.3 is 0 Å². The first-order valence-corrected chi connectivity index (χ1v) is 9.15. The molecule has 6 heteroatoms.